The van der Waals surface area contributed by atoms with Crippen molar-refractivity contribution in [3.05, 3.63) is 35.9 Å². The molecule has 1 aromatic rings. The van der Waals surface area contributed by atoms with Gasteiger partial charge in [-0.25, -0.2) is 13.1 Å². The molecule has 1 fully saturated rings. The molecule has 1 heterocycles. The first-order chi connectivity index (χ1) is 11.4. The molecule has 2 rings (SSSR count). The average molecular weight is 355 g/mol. The maximum absolute atomic E-state index is 12.4. The fourth-order valence-corrected chi connectivity index (χ4v) is 4.44. The van der Waals surface area contributed by atoms with Gasteiger partial charge in [0.1, 0.15) is 0 Å². The highest BCUT2D eigenvalue weighted by Gasteiger charge is 2.25. The van der Waals surface area contributed by atoms with Crippen molar-refractivity contribution in [3.8, 4) is 0 Å². The van der Waals surface area contributed by atoms with Crippen LogP contribution in [0.15, 0.2) is 30.3 Å². The van der Waals surface area contributed by atoms with Crippen LogP contribution in [0.4, 0.5) is 0 Å². The average Bonchev–Trinajstić information content (AvgIpc) is 2.54. The van der Waals surface area contributed by atoms with Gasteiger partial charge in [-0.3, -0.25) is 4.79 Å². The summed E-state index contributed by atoms with van der Waals surface area (Å²) in [5.74, 6) is -0.992. The highest BCUT2D eigenvalue weighted by Crippen LogP contribution is 2.15. The number of hydrogen-bond acceptors (Lipinski definition) is 4. The topological polar surface area (TPSA) is 92.7 Å². The van der Waals surface area contributed by atoms with Gasteiger partial charge in [-0.1, -0.05) is 30.3 Å². The Balaban J connectivity index is 1.98. The lowest BCUT2D eigenvalue weighted by molar-refractivity contribution is -0.137. The minimum Gasteiger partial charge on any atom is -0.481 e. The van der Waals surface area contributed by atoms with Gasteiger partial charge in [-0.05, 0) is 37.7 Å². The molecule has 2 atom stereocenters. The second-order valence-electron chi connectivity index (χ2n) is 6.21. The van der Waals surface area contributed by atoms with Crippen LogP contribution in [0.1, 0.15) is 37.7 Å². The summed E-state index contributed by atoms with van der Waals surface area (Å²) >= 11 is 0. The maximum Gasteiger partial charge on any atom is 0.303 e. The maximum atomic E-state index is 12.4. The molecule has 0 bridgehead atoms. The lowest BCUT2D eigenvalue weighted by Crippen LogP contribution is -2.41. The van der Waals surface area contributed by atoms with E-state index in [1.165, 1.54) is 0 Å². The summed E-state index contributed by atoms with van der Waals surface area (Å²) < 4.78 is 33.0. The van der Waals surface area contributed by atoms with Crippen LogP contribution in [0, 0.1) is 0 Å². The molecular weight excluding hydrogens is 330 g/mol. The van der Waals surface area contributed by atoms with Crippen LogP contribution in [-0.4, -0.2) is 44.0 Å². The number of benzene rings is 1. The summed E-state index contributed by atoms with van der Waals surface area (Å²) in [4.78, 5) is 10.8. The molecule has 134 valence electrons. The molecule has 2 N–H and O–H groups in total. The zero-order valence-electron chi connectivity index (χ0n) is 13.7. The quantitative estimate of drug-likeness (QED) is 0.706. The molecule has 1 saturated heterocycles. The summed E-state index contributed by atoms with van der Waals surface area (Å²) in [6, 6.07) is 9.04. The molecule has 0 saturated carbocycles. The summed E-state index contributed by atoms with van der Waals surface area (Å²) in [5, 5.41) is 8.89. The van der Waals surface area contributed by atoms with Crippen LogP contribution in [-0.2, 0) is 26.0 Å². The van der Waals surface area contributed by atoms with Crippen LogP contribution >= 0.6 is 0 Å². The smallest absolute Gasteiger partial charge is 0.303 e. The largest absolute Gasteiger partial charge is 0.481 e. The van der Waals surface area contributed by atoms with Crippen molar-refractivity contribution in [1.29, 1.82) is 0 Å². The minimum absolute atomic E-state index is 0.0641. The molecule has 0 amide bonds. The molecule has 2 unspecified atom stereocenters. The molecule has 7 heteroatoms. The number of carboxylic acid groups (broad SMARTS) is 1. The van der Waals surface area contributed by atoms with Gasteiger partial charge < -0.3 is 9.84 Å². The van der Waals surface area contributed by atoms with Crippen molar-refractivity contribution in [2.24, 2.45) is 0 Å². The van der Waals surface area contributed by atoms with Gasteiger partial charge in [0.2, 0.25) is 10.0 Å². The second kappa shape index (κ2) is 9.15. The highest BCUT2D eigenvalue weighted by atomic mass is 32.2. The molecule has 6 nitrogen and oxygen atoms in total. The van der Waals surface area contributed by atoms with E-state index in [1.807, 2.05) is 30.3 Å². The predicted octanol–water partition coefficient (Wildman–Crippen LogP) is 1.95. The fourth-order valence-electron chi connectivity index (χ4n) is 2.88. The number of carbonyl (C=O) groups is 1. The van der Waals surface area contributed by atoms with Crippen LogP contribution in [0.3, 0.4) is 0 Å². The monoisotopic (exact) mass is 355 g/mol. The third-order valence-electron chi connectivity index (χ3n) is 4.06. The predicted molar refractivity (Wildman–Crippen MR) is 91.3 cm³/mol. The molecule has 0 aliphatic carbocycles. The van der Waals surface area contributed by atoms with Crippen molar-refractivity contribution in [2.45, 2.75) is 50.7 Å². The lowest BCUT2D eigenvalue weighted by Gasteiger charge is -2.24. The third kappa shape index (κ3) is 6.98. The Bertz CT molecular complexity index is 611. The Hall–Kier alpha value is -1.44. The molecule has 1 aliphatic rings. The number of nitrogens with one attached hydrogen (secondary N) is 1. The number of ether oxygens (including phenoxy) is 1. The minimum atomic E-state index is -3.52. The SMILES string of the molecule is O=C(O)CCC(Cc1ccccc1)NS(=O)(=O)CC1CCCCO1. The third-order valence-corrected chi connectivity index (χ3v) is 5.56. The Morgan fingerprint density at radius 1 is 1.29 bits per heavy atom. The first kappa shape index (κ1) is 18.9. The molecular formula is C17H25NO5S. The second-order valence-corrected chi connectivity index (χ2v) is 8.01. The number of sulfonamides is 1. The van der Waals surface area contributed by atoms with E-state index in [4.69, 9.17) is 9.84 Å². The zero-order chi connectivity index (χ0) is 17.4. The summed E-state index contributed by atoms with van der Waals surface area (Å²) in [6.07, 6.45) is 3.09. The molecule has 1 aromatic carbocycles. The highest BCUT2D eigenvalue weighted by molar-refractivity contribution is 7.89. The molecule has 0 spiro atoms. The molecule has 24 heavy (non-hydrogen) atoms. The van der Waals surface area contributed by atoms with Crippen molar-refractivity contribution < 1.29 is 23.1 Å². The zero-order valence-corrected chi connectivity index (χ0v) is 14.5. The van der Waals surface area contributed by atoms with Crippen molar-refractivity contribution >= 4 is 16.0 Å². The van der Waals surface area contributed by atoms with Crippen LogP contribution < -0.4 is 4.72 Å². The Labute approximate surface area is 143 Å². The van der Waals surface area contributed by atoms with E-state index < -0.39 is 22.0 Å². The molecule has 1 aliphatic heterocycles. The van der Waals surface area contributed by atoms with Gasteiger partial charge in [-0.15, -0.1) is 0 Å². The fraction of sp³-hybridized carbons (Fsp3) is 0.588. The summed E-state index contributed by atoms with van der Waals surface area (Å²) in [5.41, 5.74) is 0.976. The van der Waals surface area contributed by atoms with Gasteiger partial charge in [0.15, 0.2) is 0 Å². The summed E-state index contributed by atoms with van der Waals surface area (Å²) in [6.45, 7) is 0.604. The van der Waals surface area contributed by atoms with Gasteiger partial charge in [0, 0.05) is 19.1 Å². The van der Waals surface area contributed by atoms with E-state index in [9.17, 15) is 13.2 Å². The van der Waals surface area contributed by atoms with E-state index in [2.05, 4.69) is 4.72 Å². The van der Waals surface area contributed by atoms with E-state index in [1.54, 1.807) is 0 Å². The molecule has 0 aromatic heterocycles. The van der Waals surface area contributed by atoms with E-state index in [0.717, 1.165) is 24.8 Å². The van der Waals surface area contributed by atoms with Crippen molar-refractivity contribution in [3.63, 3.8) is 0 Å². The number of hydrogen-bond donors (Lipinski definition) is 2. The number of carboxylic acids is 1. The Kier molecular flexibility index (Phi) is 7.20. The van der Waals surface area contributed by atoms with E-state index in [0.29, 0.717) is 13.0 Å². The first-order valence-corrected chi connectivity index (χ1v) is 9.97. The number of rotatable bonds is 9. The normalized spacial score (nSPS) is 19.8. The van der Waals surface area contributed by atoms with Crippen molar-refractivity contribution in [2.75, 3.05) is 12.4 Å². The number of aliphatic carboxylic acids is 1. The molecule has 0 radical (unpaired) electrons. The van der Waals surface area contributed by atoms with Crippen LogP contribution in [0.25, 0.3) is 0 Å². The van der Waals surface area contributed by atoms with Gasteiger partial charge in [0.05, 0.1) is 11.9 Å². The van der Waals surface area contributed by atoms with Crippen molar-refractivity contribution in [1.82, 2.24) is 4.72 Å². The lowest BCUT2D eigenvalue weighted by atomic mass is 10.0. The Morgan fingerprint density at radius 2 is 2.04 bits per heavy atom. The van der Waals surface area contributed by atoms with Crippen LogP contribution in [0.5, 0.6) is 0 Å². The van der Waals surface area contributed by atoms with Gasteiger partial charge >= 0.3 is 5.97 Å². The standard InChI is InChI=1S/C17H25NO5S/c19-17(20)10-9-15(12-14-6-2-1-3-7-14)18-24(21,22)13-16-8-4-5-11-23-16/h1-3,6-7,15-16,18H,4-5,8-13H2,(H,19,20). The summed E-state index contributed by atoms with van der Waals surface area (Å²) in [7, 11) is -3.52. The van der Waals surface area contributed by atoms with E-state index in [-0.39, 0.29) is 24.7 Å². The van der Waals surface area contributed by atoms with E-state index >= 15 is 0 Å². The van der Waals surface area contributed by atoms with Gasteiger partial charge in [0.25, 0.3) is 0 Å². The Morgan fingerprint density at radius 3 is 2.67 bits per heavy atom. The first-order valence-electron chi connectivity index (χ1n) is 8.32. The van der Waals surface area contributed by atoms with Gasteiger partial charge in [-0.2, -0.15) is 0 Å². The van der Waals surface area contributed by atoms with Crippen LogP contribution in [0.2, 0.25) is 0 Å².